The van der Waals surface area contributed by atoms with Crippen molar-refractivity contribution in [2.24, 2.45) is 0 Å². The van der Waals surface area contributed by atoms with E-state index >= 15 is 0 Å². The second-order valence-electron chi connectivity index (χ2n) is 5.62. The molecule has 1 atom stereocenters. The summed E-state index contributed by atoms with van der Waals surface area (Å²) >= 11 is 0. The number of carbonyl (C=O) groups excluding carboxylic acids is 1. The number of hydrogen-bond donors (Lipinski definition) is 2. The number of pyridine rings is 1. The number of fused-ring (bicyclic) bond motifs is 1. The van der Waals surface area contributed by atoms with Gasteiger partial charge >= 0.3 is 5.69 Å². The molecule has 0 fully saturated rings. The van der Waals surface area contributed by atoms with Crippen LogP contribution in [0.3, 0.4) is 0 Å². The lowest BCUT2D eigenvalue weighted by molar-refractivity contribution is -0.123. The van der Waals surface area contributed by atoms with E-state index < -0.39 is 5.54 Å². The van der Waals surface area contributed by atoms with E-state index in [1.807, 2.05) is 13.8 Å². The zero-order valence-corrected chi connectivity index (χ0v) is 13.0. The molecule has 2 N–H and O–H groups in total. The normalized spacial score (nSPS) is 14.0. The molecule has 0 aromatic carbocycles. The highest BCUT2D eigenvalue weighted by atomic mass is 16.3. The summed E-state index contributed by atoms with van der Waals surface area (Å²) < 4.78 is 2.74. The lowest BCUT2D eigenvalue weighted by atomic mass is 9.95. The van der Waals surface area contributed by atoms with Gasteiger partial charge in [-0.3, -0.25) is 9.20 Å². The van der Waals surface area contributed by atoms with E-state index in [0.29, 0.717) is 12.1 Å². The maximum atomic E-state index is 12.1. The molecule has 0 aliphatic heterocycles. The lowest BCUT2D eigenvalue weighted by Gasteiger charge is -2.29. The number of aromatic nitrogens is 3. The first-order valence-electron chi connectivity index (χ1n) is 7.45. The minimum Gasteiger partial charge on any atom is -0.396 e. The van der Waals surface area contributed by atoms with Crippen LogP contribution in [0.2, 0.25) is 0 Å². The van der Waals surface area contributed by atoms with Crippen molar-refractivity contribution in [1.82, 2.24) is 19.5 Å². The second-order valence-corrected chi connectivity index (χ2v) is 5.62. The Kier molecular flexibility index (Phi) is 4.97. The van der Waals surface area contributed by atoms with Gasteiger partial charge in [-0.2, -0.15) is 0 Å². The van der Waals surface area contributed by atoms with Crippen molar-refractivity contribution in [2.75, 3.05) is 6.61 Å². The summed E-state index contributed by atoms with van der Waals surface area (Å²) in [6.07, 6.45) is 3.05. The smallest absolute Gasteiger partial charge is 0.350 e. The number of nitrogens with one attached hydrogen (secondary N) is 1. The van der Waals surface area contributed by atoms with Crippen LogP contribution in [-0.4, -0.2) is 37.3 Å². The minimum atomic E-state index is -0.421. The molecule has 0 aliphatic rings. The van der Waals surface area contributed by atoms with E-state index in [-0.39, 0.29) is 31.2 Å². The molecule has 2 aromatic heterocycles. The number of aliphatic hydroxyl groups excluding tert-OH is 1. The first-order valence-corrected chi connectivity index (χ1v) is 7.45. The Morgan fingerprint density at radius 1 is 1.45 bits per heavy atom. The minimum absolute atomic E-state index is 0.0243. The Bertz CT molecular complexity index is 706. The van der Waals surface area contributed by atoms with Crippen molar-refractivity contribution in [3.63, 3.8) is 0 Å². The van der Waals surface area contributed by atoms with Gasteiger partial charge in [-0.15, -0.1) is 5.10 Å². The molecule has 0 spiro atoms. The fraction of sp³-hybridized carbons (Fsp3) is 0.533. The highest BCUT2D eigenvalue weighted by Crippen LogP contribution is 2.13. The molecule has 0 bridgehead atoms. The standard InChI is InChI=1S/C15H22N4O3/c1-3-15(2,8-11-20)16-13(21)7-10-19-14(22)18-9-5-4-6-12(18)17-19/h4-6,9,20H,3,7-8,10-11H2,1-2H3,(H,16,21). The van der Waals surface area contributed by atoms with Gasteiger partial charge in [0.05, 0.1) is 6.54 Å². The molecular weight excluding hydrogens is 284 g/mol. The summed E-state index contributed by atoms with van der Waals surface area (Å²) in [7, 11) is 0. The monoisotopic (exact) mass is 306 g/mol. The summed E-state index contributed by atoms with van der Waals surface area (Å²) in [6, 6.07) is 5.31. The van der Waals surface area contributed by atoms with Crippen LogP contribution in [0.1, 0.15) is 33.1 Å². The molecule has 2 heterocycles. The van der Waals surface area contributed by atoms with Gasteiger partial charge in [-0.25, -0.2) is 9.48 Å². The van der Waals surface area contributed by atoms with Gasteiger partial charge < -0.3 is 10.4 Å². The number of amides is 1. The molecule has 0 saturated carbocycles. The molecular formula is C15H22N4O3. The zero-order chi connectivity index (χ0) is 16.2. The average molecular weight is 306 g/mol. The average Bonchev–Trinajstić information content (AvgIpc) is 2.82. The SMILES string of the molecule is CCC(C)(CCO)NC(=O)CCn1nc2ccccn2c1=O. The Morgan fingerprint density at radius 3 is 2.86 bits per heavy atom. The number of rotatable bonds is 7. The third-order valence-corrected chi connectivity index (χ3v) is 3.92. The van der Waals surface area contributed by atoms with E-state index in [2.05, 4.69) is 10.4 Å². The summed E-state index contributed by atoms with van der Waals surface area (Å²) in [4.78, 5) is 24.1. The Labute approximate surface area is 128 Å². The quantitative estimate of drug-likeness (QED) is 0.782. The summed E-state index contributed by atoms with van der Waals surface area (Å²) in [5.41, 5.74) is -0.112. The van der Waals surface area contributed by atoms with Crippen molar-refractivity contribution < 1.29 is 9.90 Å². The van der Waals surface area contributed by atoms with Crippen LogP contribution in [0.5, 0.6) is 0 Å². The summed E-state index contributed by atoms with van der Waals surface area (Å²) in [5, 5.41) is 16.2. The fourth-order valence-corrected chi connectivity index (χ4v) is 2.29. The van der Waals surface area contributed by atoms with Gasteiger partial charge in [0.2, 0.25) is 5.91 Å². The summed E-state index contributed by atoms with van der Waals surface area (Å²) in [6.45, 7) is 4.11. The molecule has 0 saturated heterocycles. The van der Waals surface area contributed by atoms with Gasteiger partial charge in [0.15, 0.2) is 5.65 Å². The van der Waals surface area contributed by atoms with Crippen molar-refractivity contribution in [2.45, 2.75) is 45.2 Å². The molecule has 7 nitrogen and oxygen atoms in total. The van der Waals surface area contributed by atoms with E-state index in [4.69, 9.17) is 5.11 Å². The topological polar surface area (TPSA) is 88.6 Å². The molecule has 1 unspecified atom stereocenters. The predicted octanol–water partition coefficient (Wildman–Crippen LogP) is 0.553. The zero-order valence-electron chi connectivity index (χ0n) is 13.0. The molecule has 0 radical (unpaired) electrons. The number of aryl methyl sites for hydroxylation is 1. The van der Waals surface area contributed by atoms with E-state index in [1.54, 1.807) is 24.4 Å². The Morgan fingerprint density at radius 2 is 2.23 bits per heavy atom. The van der Waals surface area contributed by atoms with Crippen LogP contribution in [0, 0.1) is 0 Å². The maximum Gasteiger partial charge on any atom is 0.350 e. The van der Waals surface area contributed by atoms with Gasteiger partial charge in [-0.1, -0.05) is 13.0 Å². The van der Waals surface area contributed by atoms with Gasteiger partial charge in [0.25, 0.3) is 0 Å². The molecule has 2 rings (SSSR count). The largest absolute Gasteiger partial charge is 0.396 e. The highest BCUT2D eigenvalue weighted by Gasteiger charge is 2.23. The van der Waals surface area contributed by atoms with Crippen LogP contribution in [-0.2, 0) is 11.3 Å². The van der Waals surface area contributed by atoms with Crippen LogP contribution >= 0.6 is 0 Å². The van der Waals surface area contributed by atoms with Gasteiger partial charge in [-0.05, 0) is 31.9 Å². The van der Waals surface area contributed by atoms with Gasteiger partial charge in [0.1, 0.15) is 0 Å². The first kappa shape index (κ1) is 16.2. The van der Waals surface area contributed by atoms with Gasteiger partial charge in [0, 0.05) is 24.8 Å². The van der Waals surface area contributed by atoms with Crippen molar-refractivity contribution in [1.29, 1.82) is 0 Å². The van der Waals surface area contributed by atoms with Crippen molar-refractivity contribution in [3.8, 4) is 0 Å². The lowest BCUT2D eigenvalue weighted by Crippen LogP contribution is -2.46. The molecule has 1 amide bonds. The highest BCUT2D eigenvalue weighted by molar-refractivity contribution is 5.76. The maximum absolute atomic E-state index is 12.1. The van der Waals surface area contributed by atoms with E-state index in [9.17, 15) is 9.59 Å². The molecule has 22 heavy (non-hydrogen) atoms. The number of carbonyl (C=O) groups is 1. The Balaban J connectivity index is 2.01. The van der Waals surface area contributed by atoms with Crippen molar-refractivity contribution >= 4 is 11.6 Å². The molecule has 0 aliphatic carbocycles. The number of hydrogen-bond acceptors (Lipinski definition) is 4. The van der Waals surface area contributed by atoms with E-state index in [0.717, 1.165) is 6.42 Å². The Hall–Kier alpha value is -2.15. The second kappa shape index (κ2) is 6.74. The van der Waals surface area contributed by atoms with Crippen molar-refractivity contribution in [3.05, 3.63) is 34.9 Å². The third kappa shape index (κ3) is 3.54. The van der Waals surface area contributed by atoms with Crippen LogP contribution in [0.4, 0.5) is 0 Å². The first-order chi connectivity index (χ1) is 10.5. The molecule has 7 heteroatoms. The predicted molar refractivity (Wildman–Crippen MR) is 82.6 cm³/mol. The number of nitrogens with zero attached hydrogens (tertiary/aromatic N) is 3. The van der Waals surface area contributed by atoms with E-state index in [1.165, 1.54) is 9.08 Å². The molecule has 120 valence electrons. The van der Waals surface area contributed by atoms with Crippen LogP contribution in [0.25, 0.3) is 5.65 Å². The molecule has 2 aromatic rings. The summed E-state index contributed by atoms with van der Waals surface area (Å²) in [5.74, 6) is -0.151. The fourth-order valence-electron chi connectivity index (χ4n) is 2.29. The third-order valence-electron chi connectivity index (χ3n) is 3.92. The number of aliphatic hydroxyl groups is 1. The van der Waals surface area contributed by atoms with Crippen LogP contribution < -0.4 is 11.0 Å². The van der Waals surface area contributed by atoms with Crippen LogP contribution in [0.15, 0.2) is 29.2 Å².